The van der Waals surface area contributed by atoms with E-state index in [1.165, 1.54) is 18.2 Å². The molecule has 21 heavy (non-hydrogen) atoms. The molecule has 0 saturated heterocycles. The van der Waals surface area contributed by atoms with Crippen LogP contribution in [0.1, 0.15) is 18.9 Å². The highest BCUT2D eigenvalue weighted by atomic mass is 19.1. The maximum Gasteiger partial charge on any atom is 0.270 e. The SMILES string of the molecule is CCCNCc1cc(-c2cccc([N+](=O)[O-])c2)ccc1F. The molecule has 0 heterocycles. The molecule has 0 aliphatic heterocycles. The van der Waals surface area contributed by atoms with Crippen molar-refractivity contribution in [3.63, 3.8) is 0 Å². The first-order valence-electron chi connectivity index (χ1n) is 6.85. The molecule has 0 amide bonds. The predicted molar refractivity (Wildman–Crippen MR) is 80.5 cm³/mol. The Morgan fingerprint density at radius 2 is 1.95 bits per heavy atom. The lowest BCUT2D eigenvalue weighted by Crippen LogP contribution is -2.14. The molecule has 0 unspecified atom stereocenters. The second-order valence-corrected chi connectivity index (χ2v) is 4.79. The molecule has 0 fully saturated rings. The van der Waals surface area contributed by atoms with Crippen molar-refractivity contribution in [1.82, 2.24) is 5.32 Å². The van der Waals surface area contributed by atoms with E-state index in [1.54, 1.807) is 24.3 Å². The summed E-state index contributed by atoms with van der Waals surface area (Å²) in [5, 5.41) is 14.0. The maximum absolute atomic E-state index is 13.8. The van der Waals surface area contributed by atoms with Crippen LogP contribution in [0.3, 0.4) is 0 Å². The van der Waals surface area contributed by atoms with Gasteiger partial charge in [0.25, 0.3) is 5.69 Å². The van der Waals surface area contributed by atoms with Gasteiger partial charge in [-0.3, -0.25) is 10.1 Å². The van der Waals surface area contributed by atoms with Gasteiger partial charge in [0.2, 0.25) is 0 Å². The van der Waals surface area contributed by atoms with E-state index in [-0.39, 0.29) is 11.5 Å². The molecule has 2 aromatic rings. The number of benzene rings is 2. The van der Waals surface area contributed by atoms with Gasteiger partial charge in [-0.1, -0.05) is 25.1 Å². The Bertz CT molecular complexity index is 644. The van der Waals surface area contributed by atoms with Gasteiger partial charge in [-0.15, -0.1) is 0 Å². The van der Waals surface area contributed by atoms with Crippen LogP contribution < -0.4 is 5.32 Å². The lowest BCUT2D eigenvalue weighted by molar-refractivity contribution is -0.384. The van der Waals surface area contributed by atoms with Crippen molar-refractivity contribution in [2.24, 2.45) is 0 Å². The fourth-order valence-electron chi connectivity index (χ4n) is 2.09. The molecule has 0 radical (unpaired) electrons. The van der Waals surface area contributed by atoms with Crippen LogP contribution in [0.2, 0.25) is 0 Å². The summed E-state index contributed by atoms with van der Waals surface area (Å²) < 4.78 is 13.8. The highest BCUT2D eigenvalue weighted by molar-refractivity contribution is 5.66. The summed E-state index contributed by atoms with van der Waals surface area (Å²) in [6.07, 6.45) is 0.978. The van der Waals surface area contributed by atoms with Gasteiger partial charge in [-0.2, -0.15) is 0 Å². The first-order valence-corrected chi connectivity index (χ1v) is 6.85. The molecule has 0 spiro atoms. The minimum absolute atomic E-state index is 0.0301. The van der Waals surface area contributed by atoms with E-state index < -0.39 is 4.92 Å². The minimum atomic E-state index is -0.434. The van der Waals surface area contributed by atoms with Crippen molar-refractivity contribution in [2.75, 3.05) is 6.54 Å². The quantitative estimate of drug-likeness (QED) is 0.498. The standard InChI is InChI=1S/C16H17FN2O2/c1-2-8-18-11-14-9-13(6-7-16(14)17)12-4-3-5-15(10-12)19(20)21/h3-7,9-10,18H,2,8,11H2,1H3. The lowest BCUT2D eigenvalue weighted by Gasteiger charge is -2.08. The average Bonchev–Trinajstić information content (AvgIpc) is 2.49. The number of rotatable bonds is 6. The third kappa shape index (κ3) is 3.86. The van der Waals surface area contributed by atoms with Gasteiger partial charge >= 0.3 is 0 Å². The topological polar surface area (TPSA) is 55.2 Å². The second-order valence-electron chi connectivity index (χ2n) is 4.79. The molecular formula is C16H17FN2O2. The molecule has 1 N–H and O–H groups in total. The van der Waals surface area contributed by atoms with E-state index in [2.05, 4.69) is 5.32 Å². The summed E-state index contributed by atoms with van der Waals surface area (Å²) in [6, 6.07) is 11.1. The second kappa shape index (κ2) is 6.95. The summed E-state index contributed by atoms with van der Waals surface area (Å²) in [4.78, 5) is 10.4. The largest absolute Gasteiger partial charge is 0.313 e. The normalized spacial score (nSPS) is 10.6. The van der Waals surface area contributed by atoms with E-state index in [0.717, 1.165) is 18.5 Å². The number of nitro benzene ring substituents is 1. The molecule has 5 heteroatoms. The van der Waals surface area contributed by atoms with Crippen LogP contribution in [0.4, 0.5) is 10.1 Å². The van der Waals surface area contributed by atoms with Crippen molar-refractivity contribution in [3.05, 3.63) is 64.0 Å². The summed E-state index contributed by atoms with van der Waals surface area (Å²) in [6.45, 7) is 3.31. The van der Waals surface area contributed by atoms with Gasteiger partial charge in [0.15, 0.2) is 0 Å². The van der Waals surface area contributed by atoms with Gasteiger partial charge in [0.05, 0.1) is 4.92 Å². The van der Waals surface area contributed by atoms with Crippen LogP contribution in [0.5, 0.6) is 0 Å². The smallest absolute Gasteiger partial charge is 0.270 e. The highest BCUT2D eigenvalue weighted by Gasteiger charge is 2.09. The van der Waals surface area contributed by atoms with Crippen molar-refractivity contribution >= 4 is 5.69 Å². The first-order chi connectivity index (χ1) is 10.1. The lowest BCUT2D eigenvalue weighted by atomic mass is 10.0. The fourth-order valence-corrected chi connectivity index (χ4v) is 2.09. The van der Waals surface area contributed by atoms with Crippen molar-refractivity contribution in [1.29, 1.82) is 0 Å². The maximum atomic E-state index is 13.8. The summed E-state index contributed by atoms with van der Waals surface area (Å²) >= 11 is 0. The molecule has 0 saturated carbocycles. The average molecular weight is 288 g/mol. The zero-order valence-corrected chi connectivity index (χ0v) is 11.8. The van der Waals surface area contributed by atoms with E-state index in [0.29, 0.717) is 17.7 Å². The van der Waals surface area contributed by atoms with Crippen molar-refractivity contribution in [3.8, 4) is 11.1 Å². The number of halogens is 1. The summed E-state index contributed by atoms with van der Waals surface area (Å²) in [5.41, 5.74) is 2.07. The van der Waals surface area contributed by atoms with Crippen LogP contribution >= 0.6 is 0 Å². The van der Waals surface area contributed by atoms with E-state index >= 15 is 0 Å². The fraction of sp³-hybridized carbons (Fsp3) is 0.250. The number of nitro groups is 1. The predicted octanol–water partition coefficient (Wildman–Crippen LogP) is 3.90. The number of non-ortho nitro benzene ring substituents is 1. The zero-order valence-electron chi connectivity index (χ0n) is 11.8. The number of hydrogen-bond donors (Lipinski definition) is 1. The van der Waals surface area contributed by atoms with Gasteiger partial charge in [-0.25, -0.2) is 4.39 Å². The molecule has 2 rings (SSSR count). The molecule has 110 valence electrons. The van der Waals surface area contributed by atoms with Crippen LogP contribution in [-0.4, -0.2) is 11.5 Å². The third-order valence-corrected chi connectivity index (χ3v) is 3.18. The van der Waals surface area contributed by atoms with Crippen LogP contribution in [0.25, 0.3) is 11.1 Å². The summed E-state index contributed by atoms with van der Waals surface area (Å²) in [7, 11) is 0. The van der Waals surface area contributed by atoms with Gasteiger partial charge in [-0.05, 0) is 36.2 Å². The zero-order chi connectivity index (χ0) is 15.2. The Hall–Kier alpha value is -2.27. The molecule has 0 aliphatic carbocycles. The molecule has 0 aromatic heterocycles. The van der Waals surface area contributed by atoms with Crippen molar-refractivity contribution in [2.45, 2.75) is 19.9 Å². The van der Waals surface area contributed by atoms with Gasteiger partial charge < -0.3 is 5.32 Å². The molecular weight excluding hydrogens is 271 g/mol. The first kappa shape index (κ1) is 15.1. The number of nitrogens with zero attached hydrogens (tertiary/aromatic N) is 1. The van der Waals surface area contributed by atoms with Gasteiger partial charge in [0, 0.05) is 24.2 Å². The molecule has 0 bridgehead atoms. The van der Waals surface area contributed by atoms with Crippen LogP contribution in [0, 0.1) is 15.9 Å². The summed E-state index contributed by atoms with van der Waals surface area (Å²) in [5.74, 6) is -0.271. The Labute approximate surface area is 122 Å². The Morgan fingerprint density at radius 3 is 2.67 bits per heavy atom. The highest BCUT2D eigenvalue weighted by Crippen LogP contribution is 2.25. The molecule has 0 aliphatic rings. The van der Waals surface area contributed by atoms with Crippen molar-refractivity contribution < 1.29 is 9.31 Å². The molecule has 0 atom stereocenters. The Morgan fingerprint density at radius 1 is 1.19 bits per heavy atom. The number of nitrogens with one attached hydrogen (secondary N) is 1. The number of hydrogen-bond acceptors (Lipinski definition) is 3. The van der Waals surface area contributed by atoms with E-state index in [1.807, 2.05) is 6.92 Å². The monoisotopic (exact) mass is 288 g/mol. The molecule has 4 nitrogen and oxygen atoms in total. The van der Waals surface area contributed by atoms with Crippen LogP contribution in [-0.2, 0) is 6.54 Å². The minimum Gasteiger partial charge on any atom is -0.313 e. The van der Waals surface area contributed by atoms with E-state index in [4.69, 9.17) is 0 Å². The Kier molecular flexibility index (Phi) is 5.00. The van der Waals surface area contributed by atoms with Crippen LogP contribution in [0.15, 0.2) is 42.5 Å². The molecule has 2 aromatic carbocycles. The van der Waals surface area contributed by atoms with Gasteiger partial charge in [0.1, 0.15) is 5.82 Å². The van der Waals surface area contributed by atoms with E-state index in [9.17, 15) is 14.5 Å². The third-order valence-electron chi connectivity index (χ3n) is 3.18. The Balaban J connectivity index is 2.29.